The lowest BCUT2D eigenvalue weighted by Gasteiger charge is -2.27. The molecule has 1 aromatic carbocycles. The number of carbonyl (C=O) groups is 1. The minimum atomic E-state index is -0.489. The normalized spacial score (nSPS) is 15.7. The number of amides is 1. The van der Waals surface area contributed by atoms with E-state index in [0.29, 0.717) is 16.6 Å². The number of non-ortho nitro benzene ring substituents is 1. The van der Waals surface area contributed by atoms with Crippen LogP contribution >= 0.6 is 15.9 Å². The lowest BCUT2D eigenvalue weighted by atomic mass is 10.2. The van der Waals surface area contributed by atoms with E-state index in [-0.39, 0.29) is 11.6 Å². The Morgan fingerprint density at radius 1 is 1.43 bits per heavy atom. The van der Waals surface area contributed by atoms with Gasteiger partial charge in [-0.15, -0.1) is 0 Å². The summed E-state index contributed by atoms with van der Waals surface area (Å²) in [6, 6.07) is 4.13. The number of hydrogen-bond donors (Lipinski definition) is 2. The predicted octanol–water partition coefficient (Wildman–Crippen LogP) is 0.992. The molecule has 1 aliphatic heterocycles. The SMILES string of the molecule is O=C(NCCN1CCNCC1)c1ccc([N+](=O)[O-])cc1Br. The summed E-state index contributed by atoms with van der Waals surface area (Å²) in [4.78, 5) is 24.5. The lowest BCUT2D eigenvalue weighted by Crippen LogP contribution is -2.46. The second-order valence-electron chi connectivity index (χ2n) is 4.77. The molecule has 0 atom stereocenters. The molecule has 8 heteroatoms. The molecule has 0 aromatic heterocycles. The van der Waals surface area contributed by atoms with Gasteiger partial charge in [0, 0.05) is 55.9 Å². The first-order valence-electron chi connectivity index (χ1n) is 6.73. The highest BCUT2D eigenvalue weighted by molar-refractivity contribution is 9.10. The Kier molecular flexibility index (Phi) is 5.66. The predicted molar refractivity (Wildman–Crippen MR) is 82.4 cm³/mol. The summed E-state index contributed by atoms with van der Waals surface area (Å²) < 4.78 is 0.427. The Hall–Kier alpha value is -1.51. The smallest absolute Gasteiger partial charge is 0.270 e. The molecule has 2 N–H and O–H groups in total. The van der Waals surface area contributed by atoms with Crippen molar-refractivity contribution < 1.29 is 9.72 Å². The van der Waals surface area contributed by atoms with Crippen molar-refractivity contribution in [2.75, 3.05) is 39.3 Å². The molecule has 114 valence electrons. The maximum Gasteiger partial charge on any atom is 0.270 e. The first-order valence-corrected chi connectivity index (χ1v) is 7.52. The third-order valence-electron chi connectivity index (χ3n) is 3.33. The van der Waals surface area contributed by atoms with E-state index in [2.05, 4.69) is 31.5 Å². The summed E-state index contributed by atoms with van der Waals surface area (Å²) in [6.45, 7) is 5.28. The zero-order valence-electron chi connectivity index (χ0n) is 11.5. The van der Waals surface area contributed by atoms with Gasteiger partial charge in [0.15, 0.2) is 0 Å². The Labute approximate surface area is 131 Å². The van der Waals surface area contributed by atoms with Crippen LogP contribution in [0.1, 0.15) is 10.4 Å². The Morgan fingerprint density at radius 3 is 2.76 bits per heavy atom. The van der Waals surface area contributed by atoms with E-state index in [4.69, 9.17) is 0 Å². The number of nitro groups is 1. The molecule has 0 unspecified atom stereocenters. The van der Waals surface area contributed by atoms with Gasteiger partial charge in [-0.2, -0.15) is 0 Å². The van der Waals surface area contributed by atoms with Gasteiger partial charge in [-0.05, 0) is 22.0 Å². The molecule has 0 saturated carbocycles. The van der Waals surface area contributed by atoms with Gasteiger partial charge >= 0.3 is 0 Å². The Balaban J connectivity index is 1.86. The third kappa shape index (κ3) is 4.48. The molecular weight excluding hydrogens is 340 g/mol. The summed E-state index contributed by atoms with van der Waals surface area (Å²) in [7, 11) is 0. The van der Waals surface area contributed by atoms with Crippen LogP contribution in [0.25, 0.3) is 0 Å². The highest BCUT2D eigenvalue weighted by Crippen LogP contribution is 2.22. The maximum atomic E-state index is 12.0. The number of piperazine rings is 1. The lowest BCUT2D eigenvalue weighted by molar-refractivity contribution is -0.384. The minimum absolute atomic E-state index is 0.0424. The molecular formula is C13H17BrN4O3. The minimum Gasteiger partial charge on any atom is -0.351 e. The van der Waals surface area contributed by atoms with Crippen LogP contribution in [-0.4, -0.2) is 55.0 Å². The van der Waals surface area contributed by atoms with Crippen LogP contribution in [0.5, 0.6) is 0 Å². The van der Waals surface area contributed by atoms with Crippen LogP contribution in [0.15, 0.2) is 22.7 Å². The highest BCUT2D eigenvalue weighted by Gasteiger charge is 2.15. The second kappa shape index (κ2) is 7.48. The average molecular weight is 357 g/mol. The molecule has 1 aliphatic rings. The van der Waals surface area contributed by atoms with E-state index in [9.17, 15) is 14.9 Å². The van der Waals surface area contributed by atoms with Gasteiger partial charge in [0.2, 0.25) is 0 Å². The van der Waals surface area contributed by atoms with Crippen molar-refractivity contribution in [1.29, 1.82) is 0 Å². The van der Waals surface area contributed by atoms with E-state index in [1.807, 2.05) is 0 Å². The van der Waals surface area contributed by atoms with Crippen LogP contribution in [0.4, 0.5) is 5.69 Å². The maximum absolute atomic E-state index is 12.0. The molecule has 1 fully saturated rings. The second-order valence-corrected chi connectivity index (χ2v) is 5.62. The fourth-order valence-corrected chi connectivity index (χ4v) is 2.71. The van der Waals surface area contributed by atoms with Crippen LogP contribution in [0.2, 0.25) is 0 Å². The average Bonchev–Trinajstić information content (AvgIpc) is 2.48. The van der Waals surface area contributed by atoms with Gasteiger partial charge in [0.1, 0.15) is 0 Å². The van der Waals surface area contributed by atoms with E-state index in [1.54, 1.807) is 0 Å². The first kappa shape index (κ1) is 15.9. The number of carbonyl (C=O) groups excluding carboxylic acids is 1. The Morgan fingerprint density at radius 2 is 2.14 bits per heavy atom. The quantitative estimate of drug-likeness (QED) is 0.606. The molecule has 2 rings (SSSR count). The Bertz CT molecular complexity index is 532. The molecule has 0 radical (unpaired) electrons. The molecule has 7 nitrogen and oxygen atoms in total. The molecule has 21 heavy (non-hydrogen) atoms. The van der Waals surface area contributed by atoms with Crippen molar-refractivity contribution in [2.45, 2.75) is 0 Å². The van der Waals surface area contributed by atoms with Gasteiger partial charge in [-0.1, -0.05) is 0 Å². The molecule has 1 amide bonds. The summed E-state index contributed by atoms with van der Waals surface area (Å²) in [5.74, 6) is -0.230. The zero-order valence-corrected chi connectivity index (χ0v) is 13.1. The van der Waals surface area contributed by atoms with Crippen molar-refractivity contribution in [1.82, 2.24) is 15.5 Å². The number of halogens is 1. The fraction of sp³-hybridized carbons (Fsp3) is 0.462. The number of nitrogens with zero attached hydrogens (tertiary/aromatic N) is 2. The number of nitro benzene ring substituents is 1. The van der Waals surface area contributed by atoms with Crippen LogP contribution in [-0.2, 0) is 0 Å². The number of hydrogen-bond acceptors (Lipinski definition) is 5. The number of rotatable bonds is 5. The van der Waals surface area contributed by atoms with E-state index < -0.39 is 4.92 Å². The van der Waals surface area contributed by atoms with Crippen molar-refractivity contribution in [3.05, 3.63) is 38.3 Å². The molecule has 0 bridgehead atoms. The standard InChI is InChI=1S/C13H17BrN4O3/c14-12-9-10(18(20)21)1-2-11(12)13(19)16-5-8-17-6-3-15-4-7-17/h1-2,9,15H,3-8H2,(H,16,19). The van der Waals surface area contributed by atoms with Crippen molar-refractivity contribution in [3.63, 3.8) is 0 Å². The van der Waals surface area contributed by atoms with E-state index in [1.165, 1.54) is 18.2 Å². The zero-order chi connectivity index (χ0) is 15.2. The van der Waals surface area contributed by atoms with Gasteiger partial charge in [-0.3, -0.25) is 19.8 Å². The molecule has 0 aliphatic carbocycles. The first-order chi connectivity index (χ1) is 10.1. The van der Waals surface area contributed by atoms with E-state index in [0.717, 1.165) is 32.7 Å². The number of nitrogens with one attached hydrogen (secondary N) is 2. The van der Waals surface area contributed by atoms with Crippen molar-refractivity contribution in [2.24, 2.45) is 0 Å². The van der Waals surface area contributed by atoms with Gasteiger partial charge in [0.25, 0.3) is 11.6 Å². The molecule has 1 heterocycles. The number of benzene rings is 1. The van der Waals surface area contributed by atoms with Crippen molar-refractivity contribution in [3.8, 4) is 0 Å². The van der Waals surface area contributed by atoms with E-state index >= 15 is 0 Å². The monoisotopic (exact) mass is 356 g/mol. The largest absolute Gasteiger partial charge is 0.351 e. The summed E-state index contributed by atoms with van der Waals surface area (Å²) in [6.07, 6.45) is 0. The summed E-state index contributed by atoms with van der Waals surface area (Å²) in [5.41, 5.74) is 0.361. The summed E-state index contributed by atoms with van der Waals surface area (Å²) >= 11 is 3.20. The third-order valence-corrected chi connectivity index (χ3v) is 3.99. The van der Waals surface area contributed by atoms with Crippen LogP contribution in [0, 0.1) is 10.1 Å². The summed E-state index contributed by atoms with van der Waals surface area (Å²) in [5, 5.41) is 16.8. The van der Waals surface area contributed by atoms with Gasteiger partial charge in [0.05, 0.1) is 10.5 Å². The van der Waals surface area contributed by atoms with Crippen LogP contribution < -0.4 is 10.6 Å². The molecule has 1 saturated heterocycles. The topological polar surface area (TPSA) is 87.5 Å². The van der Waals surface area contributed by atoms with Crippen molar-refractivity contribution >= 4 is 27.5 Å². The van der Waals surface area contributed by atoms with Gasteiger partial charge < -0.3 is 10.6 Å². The highest BCUT2D eigenvalue weighted by atomic mass is 79.9. The molecule has 0 spiro atoms. The fourth-order valence-electron chi connectivity index (χ4n) is 2.16. The van der Waals surface area contributed by atoms with Crippen LogP contribution in [0.3, 0.4) is 0 Å². The van der Waals surface area contributed by atoms with Gasteiger partial charge in [-0.25, -0.2) is 0 Å². The molecule has 1 aromatic rings.